The predicted molar refractivity (Wildman–Crippen MR) is 123 cm³/mol. The molecule has 0 aliphatic carbocycles. The number of para-hydroxylation sites is 1. The van der Waals surface area contributed by atoms with Gasteiger partial charge in [-0.1, -0.05) is 18.2 Å². The SMILES string of the molecule is COc1cccc(CN2CCNC(=O)[C@H]2CC(=O)NCCc2cn3ccccc3n2)c1OC. The molecule has 0 saturated carbocycles. The lowest BCUT2D eigenvalue weighted by Gasteiger charge is -2.35. The second-order valence-corrected chi connectivity index (χ2v) is 7.93. The van der Waals surface area contributed by atoms with Gasteiger partial charge < -0.3 is 24.5 Å². The van der Waals surface area contributed by atoms with Crippen molar-refractivity contribution >= 4 is 17.5 Å². The number of piperazine rings is 1. The third kappa shape index (κ3) is 5.25. The summed E-state index contributed by atoms with van der Waals surface area (Å²) < 4.78 is 12.9. The van der Waals surface area contributed by atoms with E-state index < -0.39 is 6.04 Å². The third-order valence-electron chi connectivity index (χ3n) is 5.80. The minimum absolute atomic E-state index is 0.0866. The average Bonchev–Trinajstić information content (AvgIpc) is 3.24. The van der Waals surface area contributed by atoms with E-state index in [4.69, 9.17) is 9.47 Å². The summed E-state index contributed by atoms with van der Waals surface area (Å²) in [7, 11) is 3.19. The molecule has 1 atom stereocenters. The molecule has 1 aliphatic rings. The number of nitrogens with zero attached hydrogens (tertiary/aromatic N) is 3. The maximum absolute atomic E-state index is 12.7. The van der Waals surface area contributed by atoms with E-state index in [1.165, 1.54) is 0 Å². The van der Waals surface area contributed by atoms with E-state index in [9.17, 15) is 9.59 Å². The van der Waals surface area contributed by atoms with Gasteiger partial charge in [-0.05, 0) is 18.2 Å². The fourth-order valence-corrected chi connectivity index (χ4v) is 4.16. The molecule has 1 aromatic carbocycles. The maximum atomic E-state index is 12.7. The quantitative estimate of drug-likeness (QED) is 0.511. The summed E-state index contributed by atoms with van der Waals surface area (Å²) >= 11 is 0. The third-order valence-corrected chi connectivity index (χ3v) is 5.80. The number of pyridine rings is 1. The summed E-state index contributed by atoms with van der Waals surface area (Å²) in [6, 6.07) is 10.9. The van der Waals surface area contributed by atoms with Gasteiger partial charge in [0.15, 0.2) is 11.5 Å². The number of hydrogen-bond acceptors (Lipinski definition) is 6. The zero-order valence-corrected chi connectivity index (χ0v) is 18.9. The van der Waals surface area contributed by atoms with Crippen LogP contribution in [0.2, 0.25) is 0 Å². The molecule has 9 heteroatoms. The Morgan fingerprint density at radius 2 is 2.09 bits per heavy atom. The van der Waals surface area contributed by atoms with Crippen molar-refractivity contribution in [2.75, 3.05) is 33.9 Å². The van der Waals surface area contributed by atoms with E-state index in [1.54, 1.807) is 14.2 Å². The van der Waals surface area contributed by atoms with Crippen LogP contribution in [0.4, 0.5) is 0 Å². The van der Waals surface area contributed by atoms with Crippen LogP contribution in [0.25, 0.3) is 5.65 Å². The highest BCUT2D eigenvalue weighted by atomic mass is 16.5. The first-order valence-corrected chi connectivity index (χ1v) is 11.0. The normalized spacial score (nSPS) is 16.4. The predicted octanol–water partition coefficient (Wildman–Crippen LogP) is 1.40. The lowest BCUT2D eigenvalue weighted by Crippen LogP contribution is -2.56. The molecule has 0 unspecified atom stereocenters. The van der Waals surface area contributed by atoms with Crippen LogP contribution in [-0.4, -0.2) is 66.0 Å². The number of methoxy groups -OCH3 is 2. The number of nitrogens with one attached hydrogen (secondary N) is 2. The number of hydrogen-bond donors (Lipinski definition) is 2. The van der Waals surface area contributed by atoms with Crippen LogP contribution in [0.3, 0.4) is 0 Å². The Labute approximate surface area is 192 Å². The van der Waals surface area contributed by atoms with Crippen LogP contribution in [0.1, 0.15) is 17.7 Å². The van der Waals surface area contributed by atoms with E-state index in [0.29, 0.717) is 44.1 Å². The van der Waals surface area contributed by atoms with E-state index in [0.717, 1.165) is 16.9 Å². The first-order valence-electron chi connectivity index (χ1n) is 11.0. The minimum atomic E-state index is -0.551. The molecule has 3 aromatic rings. The lowest BCUT2D eigenvalue weighted by molar-refractivity contribution is -0.134. The summed E-state index contributed by atoms with van der Waals surface area (Å²) in [6.45, 7) is 2.12. The van der Waals surface area contributed by atoms with Crippen molar-refractivity contribution in [2.24, 2.45) is 0 Å². The lowest BCUT2D eigenvalue weighted by atomic mass is 10.1. The number of imidazole rings is 1. The molecule has 0 spiro atoms. The highest BCUT2D eigenvalue weighted by Gasteiger charge is 2.32. The number of amides is 2. The maximum Gasteiger partial charge on any atom is 0.237 e. The molecule has 0 radical (unpaired) electrons. The molecule has 2 N–H and O–H groups in total. The number of carbonyl (C=O) groups is 2. The van der Waals surface area contributed by atoms with Crippen molar-refractivity contribution in [3.05, 3.63) is 60.0 Å². The first kappa shape index (κ1) is 22.6. The smallest absolute Gasteiger partial charge is 0.237 e. The molecule has 2 aromatic heterocycles. The Hall–Kier alpha value is -3.59. The van der Waals surface area contributed by atoms with Crippen molar-refractivity contribution in [1.29, 1.82) is 0 Å². The van der Waals surface area contributed by atoms with Crippen LogP contribution in [0.15, 0.2) is 48.8 Å². The molecular formula is C24H29N5O4. The van der Waals surface area contributed by atoms with Crippen molar-refractivity contribution in [2.45, 2.75) is 25.4 Å². The topological polar surface area (TPSA) is 97.2 Å². The Bertz CT molecular complexity index is 1100. The summed E-state index contributed by atoms with van der Waals surface area (Å²) in [5.41, 5.74) is 2.69. The summed E-state index contributed by atoms with van der Waals surface area (Å²) in [4.78, 5) is 31.8. The van der Waals surface area contributed by atoms with Crippen LogP contribution in [-0.2, 0) is 22.6 Å². The number of fused-ring (bicyclic) bond motifs is 1. The zero-order valence-electron chi connectivity index (χ0n) is 18.9. The number of rotatable bonds is 9. The first-order chi connectivity index (χ1) is 16.1. The fourth-order valence-electron chi connectivity index (χ4n) is 4.16. The molecule has 4 rings (SSSR count). The van der Waals surface area contributed by atoms with Gasteiger partial charge in [0.25, 0.3) is 0 Å². The molecule has 0 bridgehead atoms. The van der Waals surface area contributed by atoms with Gasteiger partial charge in [0, 0.05) is 50.6 Å². The fraction of sp³-hybridized carbons (Fsp3) is 0.375. The van der Waals surface area contributed by atoms with E-state index in [-0.39, 0.29) is 18.2 Å². The Morgan fingerprint density at radius 1 is 1.21 bits per heavy atom. The second-order valence-electron chi connectivity index (χ2n) is 7.93. The molecule has 1 fully saturated rings. The van der Waals surface area contributed by atoms with Gasteiger partial charge in [0.05, 0.1) is 32.4 Å². The number of ether oxygens (including phenoxy) is 2. The molecule has 1 aliphatic heterocycles. The van der Waals surface area contributed by atoms with Crippen LogP contribution in [0, 0.1) is 0 Å². The molecule has 1 saturated heterocycles. The van der Waals surface area contributed by atoms with Crippen molar-refractivity contribution in [3.8, 4) is 11.5 Å². The summed E-state index contributed by atoms with van der Waals surface area (Å²) in [5, 5.41) is 5.80. The number of carbonyl (C=O) groups excluding carboxylic acids is 2. The Kier molecular flexibility index (Phi) is 7.09. The zero-order chi connectivity index (χ0) is 23.2. The molecular weight excluding hydrogens is 422 g/mol. The second kappa shape index (κ2) is 10.4. The molecule has 33 heavy (non-hydrogen) atoms. The van der Waals surface area contributed by atoms with Gasteiger partial charge in [0.1, 0.15) is 5.65 Å². The molecule has 2 amide bonds. The van der Waals surface area contributed by atoms with Crippen LogP contribution < -0.4 is 20.1 Å². The largest absolute Gasteiger partial charge is 0.493 e. The van der Waals surface area contributed by atoms with E-state index in [2.05, 4.69) is 15.6 Å². The van der Waals surface area contributed by atoms with Gasteiger partial charge in [0.2, 0.25) is 11.8 Å². The monoisotopic (exact) mass is 451 g/mol. The molecule has 174 valence electrons. The van der Waals surface area contributed by atoms with Gasteiger partial charge >= 0.3 is 0 Å². The summed E-state index contributed by atoms with van der Waals surface area (Å²) in [5.74, 6) is 0.973. The van der Waals surface area contributed by atoms with Crippen LogP contribution in [0.5, 0.6) is 11.5 Å². The van der Waals surface area contributed by atoms with Gasteiger partial charge in [-0.2, -0.15) is 0 Å². The highest BCUT2D eigenvalue weighted by molar-refractivity contribution is 5.88. The van der Waals surface area contributed by atoms with Crippen molar-refractivity contribution in [1.82, 2.24) is 24.9 Å². The number of aromatic nitrogens is 2. The standard InChI is InChI=1S/C24H29N5O4/c1-32-20-7-5-6-17(23(20)33-2)15-28-13-11-26-24(31)19(28)14-22(30)25-10-9-18-16-29-12-4-3-8-21(29)27-18/h3-8,12,16,19H,9-11,13-15H2,1-2H3,(H,25,30)(H,26,31)/t19-/m1/s1. The van der Waals surface area contributed by atoms with E-state index in [1.807, 2.05) is 58.1 Å². The summed E-state index contributed by atoms with van der Waals surface area (Å²) in [6.07, 6.45) is 4.61. The average molecular weight is 452 g/mol. The van der Waals surface area contributed by atoms with Gasteiger partial charge in [-0.25, -0.2) is 4.98 Å². The van der Waals surface area contributed by atoms with Crippen LogP contribution >= 0.6 is 0 Å². The highest BCUT2D eigenvalue weighted by Crippen LogP contribution is 2.32. The Balaban J connectivity index is 1.36. The Morgan fingerprint density at radius 3 is 2.88 bits per heavy atom. The minimum Gasteiger partial charge on any atom is -0.493 e. The number of benzene rings is 1. The van der Waals surface area contributed by atoms with Crippen molar-refractivity contribution < 1.29 is 19.1 Å². The van der Waals surface area contributed by atoms with E-state index >= 15 is 0 Å². The van der Waals surface area contributed by atoms with Gasteiger partial charge in [-0.15, -0.1) is 0 Å². The van der Waals surface area contributed by atoms with Gasteiger partial charge in [-0.3, -0.25) is 14.5 Å². The molecule has 3 heterocycles. The molecule has 9 nitrogen and oxygen atoms in total. The van der Waals surface area contributed by atoms with Crippen molar-refractivity contribution in [3.63, 3.8) is 0 Å².